The maximum absolute atomic E-state index is 13.9. The highest BCUT2D eigenvalue weighted by Crippen LogP contribution is 2.28. The number of fused-ring (bicyclic) bond motifs is 1. The van der Waals surface area contributed by atoms with E-state index in [9.17, 15) is 22.8 Å². The van der Waals surface area contributed by atoms with Crippen LogP contribution in [0.3, 0.4) is 0 Å². The van der Waals surface area contributed by atoms with Crippen LogP contribution >= 0.6 is 0 Å². The van der Waals surface area contributed by atoms with Crippen molar-refractivity contribution in [2.45, 2.75) is 13.0 Å². The largest absolute Gasteiger partial charge is 0.325 e. The van der Waals surface area contributed by atoms with Gasteiger partial charge in [0.15, 0.2) is 5.78 Å². The van der Waals surface area contributed by atoms with E-state index in [0.29, 0.717) is 23.2 Å². The van der Waals surface area contributed by atoms with E-state index in [1.807, 2.05) is 0 Å². The molecule has 1 N–H and O–H groups in total. The number of hydrogen-bond acceptors (Lipinski definition) is 4. The molecule has 0 unspecified atom stereocenters. The van der Waals surface area contributed by atoms with E-state index >= 15 is 0 Å². The van der Waals surface area contributed by atoms with E-state index in [0.717, 1.165) is 24.4 Å². The number of ketones is 1. The van der Waals surface area contributed by atoms with Gasteiger partial charge in [-0.15, -0.1) is 0 Å². The maximum Gasteiger partial charge on any atom is 0.310 e. The zero-order chi connectivity index (χ0) is 20.5. The lowest BCUT2D eigenvalue weighted by Gasteiger charge is -2.18. The Morgan fingerprint density at radius 2 is 1.83 bits per heavy atom. The summed E-state index contributed by atoms with van der Waals surface area (Å²) in [5.41, 5.74) is 0.766. The number of rotatable bonds is 4. The molecule has 0 spiro atoms. The molecule has 1 aliphatic carbocycles. The molecule has 0 saturated carbocycles. The molecule has 1 aromatic heterocycles. The van der Waals surface area contributed by atoms with Gasteiger partial charge in [-0.2, -0.15) is 9.37 Å². The summed E-state index contributed by atoms with van der Waals surface area (Å²) in [4.78, 5) is 27.5. The standard InChI is InChI=1S/C21H14F3N3O2/c22-13-7-12(8-14(23)9-13)10-27-11-17(24)20(29)26-21(27)25-18-5-1-4-16-15(18)3-2-6-19(16)28/h1-5,7-9,11H,6,10H2,(H,25,26,29). The van der Waals surface area contributed by atoms with Crippen LogP contribution in [-0.2, 0) is 6.54 Å². The molecule has 0 atom stereocenters. The molecule has 2 aromatic carbocycles. The van der Waals surface area contributed by atoms with Crippen molar-refractivity contribution in [3.8, 4) is 0 Å². The Morgan fingerprint density at radius 1 is 1.07 bits per heavy atom. The molecule has 29 heavy (non-hydrogen) atoms. The number of halogens is 3. The summed E-state index contributed by atoms with van der Waals surface area (Å²) in [5, 5.41) is 2.93. The molecular weight excluding hydrogens is 383 g/mol. The summed E-state index contributed by atoms with van der Waals surface area (Å²) in [7, 11) is 0. The fourth-order valence-corrected chi connectivity index (χ4v) is 3.20. The van der Waals surface area contributed by atoms with Crippen LogP contribution in [0.15, 0.2) is 53.5 Å². The molecule has 4 rings (SSSR count). The highest BCUT2D eigenvalue weighted by atomic mass is 19.1. The third kappa shape index (κ3) is 3.82. The van der Waals surface area contributed by atoms with Gasteiger partial charge in [-0.25, -0.2) is 8.78 Å². The van der Waals surface area contributed by atoms with Crippen molar-refractivity contribution < 1.29 is 18.0 Å². The van der Waals surface area contributed by atoms with Crippen molar-refractivity contribution in [3.63, 3.8) is 0 Å². The topological polar surface area (TPSA) is 64.0 Å². The number of Topliss-reactive ketones (excluding diaryl/α,β-unsaturated/α-hetero) is 1. The average Bonchev–Trinajstić information content (AvgIpc) is 2.66. The Bertz CT molecular complexity index is 1200. The van der Waals surface area contributed by atoms with E-state index in [2.05, 4.69) is 10.3 Å². The van der Waals surface area contributed by atoms with Gasteiger partial charge < -0.3 is 9.88 Å². The Morgan fingerprint density at radius 3 is 2.59 bits per heavy atom. The van der Waals surface area contributed by atoms with Crippen molar-refractivity contribution in [2.24, 2.45) is 0 Å². The van der Waals surface area contributed by atoms with Crippen molar-refractivity contribution in [3.05, 3.63) is 93.2 Å². The molecule has 1 aliphatic rings. The number of aromatic nitrogens is 2. The second kappa shape index (κ2) is 7.38. The van der Waals surface area contributed by atoms with Crippen LogP contribution in [0.5, 0.6) is 0 Å². The fraction of sp³-hybridized carbons (Fsp3) is 0.0952. The molecule has 0 fully saturated rings. The highest BCUT2D eigenvalue weighted by molar-refractivity contribution is 6.04. The van der Waals surface area contributed by atoms with E-state index in [1.54, 1.807) is 30.4 Å². The molecule has 0 aliphatic heterocycles. The van der Waals surface area contributed by atoms with Gasteiger partial charge in [-0.3, -0.25) is 9.59 Å². The van der Waals surface area contributed by atoms with Gasteiger partial charge >= 0.3 is 5.56 Å². The summed E-state index contributed by atoms with van der Waals surface area (Å²) in [5.74, 6) is -2.72. The first-order chi connectivity index (χ1) is 13.9. The molecule has 0 bridgehead atoms. The van der Waals surface area contributed by atoms with Gasteiger partial charge in [0, 0.05) is 35.5 Å². The quantitative estimate of drug-likeness (QED) is 0.721. The Hall–Kier alpha value is -3.68. The lowest BCUT2D eigenvalue weighted by atomic mass is 9.95. The molecule has 0 radical (unpaired) electrons. The average molecular weight is 397 g/mol. The van der Waals surface area contributed by atoms with Crippen LogP contribution < -0.4 is 10.9 Å². The predicted octanol–water partition coefficient (Wildman–Crippen LogP) is 4.05. The maximum atomic E-state index is 13.9. The van der Waals surface area contributed by atoms with E-state index in [1.165, 1.54) is 4.57 Å². The SMILES string of the molecule is O=C1CC=Cc2c(Nc3nc(=O)c(F)cn3Cc3cc(F)cc(F)c3)cccc21. The van der Waals surface area contributed by atoms with Crippen molar-refractivity contribution >= 4 is 23.5 Å². The minimum atomic E-state index is -1.10. The van der Waals surface area contributed by atoms with Gasteiger partial charge in [0.2, 0.25) is 11.8 Å². The lowest BCUT2D eigenvalue weighted by Crippen LogP contribution is -2.20. The van der Waals surface area contributed by atoms with Crippen LogP contribution in [0.2, 0.25) is 0 Å². The summed E-state index contributed by atoms with van der Waals surface area (Å²) >= 11 is 0. The smallest absolute Gasteiger partial charge is 0.310 e. The van der Waals surface area contributed by atoms with Crippen molar-refractivity contribution in [2.75, 3.05) is 5.32 Å². The van der Waals surface area contributed by atoms with Crippen LogP contribution in [0.1, 0.15) is 27.9 Å². The number of nitrogens with one attached hydrogen (secondary N) is 1. The summed E-state index contributed by atoms with van der Waals surface area (Å²) in [6.07, 6.45) is 4.70. The third-order valence-corrected chi connectivity index (χ3v) is 4.47. The summed E-state index contributed by atoms with van der Waals surface area (Å²) in [6, 6.07) is 7.98. The van der Waals surface area contributed by atoms with Gasteiger partial charge in [-0.05, 0) is 23.8 Å². The Kier molecular flexibility index (Phi) is 4.75. The van der Waals surface area contributed by atoms with Gasteiger partial charge in [0.25, 0.3) is 0 Å². The van der Waals surface area contributed by atoms with Gasteiger partial charge in [0.05, 0.1) is 6.54 Å². The van der Waals surface area contributed by atoms with Crippen molar-refractivity contribution in [1.29, 1.82) is 0 Å². The molecule has 1 heterocycles. The molecule has 3 aromatic rings. The number of carbonyl (C=O) groups is 1. The van der Waals surface area contributed by atoms with E-state index in [4.69, 9.17) is 0 Å². The molecule has 5 nitrogen and oxygen atoms in total. The molecule has 146 valence electrons. The number of allylic oxidation sites excluding steroid dienone is 1. The third-order valence-electron chi connectivity index (χ3n) is 4.47. The Balaban J connectivity index is 1.76. The first-order valence-corrected chi connectivity index (χ1v) is 8.72. The monoisotopic (exact) mass is 397 g/mol. The van der Waals surface area contributed by atoms with Crippen LogP contribution in [0.25, 0.3) is 6.08 Å². The predicted molar refractivity (Wildman–Crippen MR) is 102 cm³/mol. The van der Waals surface area contributed by atoms with E-state index in [-0.39, 0.29) is 23.8 Å². The first-order valence-electron chi connectivity index (χ1n) is 8.72. The van der Waals surface area contributed by atoms with Crippen LogP contribution in [0, 0.1) is 17.5 Å². The number of nitrogens with zero attached hydrogens (tertiary/aromatic N) is 2. The molecule has 8 heteroatoms. The van der Waals surface area contributed by atoms with Crippen LogP contribution in [-0.4, -0.2) is 15.3 Å². The first kappa shape index (κ1) is 18.7. The Labute approximate surface area is 163 Å². The second-order valence-electron chi connectivity index (χ2n) is 6.54. The van der Waals surface area contributed by atoms with Crippen LogP contribution in [0.4, 0.5) is 24.8 Å². The normalized spacial score (nSPS) is 12.7. The molecular formula is C21H14F3N3O2. The number of anilines is 2. The minimum Gasteiger partial charge on any atom is -0.325 e. The zero-order valence-corrected chi connectivity index (χ0v) is 15.0. The van der Waals surface area contributed by atoms with Crippen molar-refractivity contribution in [1.82, 2.24) is 9.55 Å². The molecule has 0 amide bonds. The number of carbonyl (C=O) groups excluding carboxylic acids is 1. The zero-order valence-electron chi connectivity index (χ0n) is 15.0. The highest BCUT2D eigenvalue weighted by Gasteiger charge is 2.17. The van der Waals surface area contributed by atoms with Gasteiger partial charge in [0.1, 0.15) is 11.6 Å². The fourth-order valence-electron chi connectivity index (χ4n) is 3.20. The minimum absolute atomic E-state index is 0.0270. The summed E-state index contributed by atoms with van der Waals surface area (Å²) in [6.45, 7) is -0.134. The van der Waals surface area contributed by atoms with E-state index < -0.39 is 23.0 Å². The number of hydrogen-bond donors (Lipinski definition) is 1. The van der Waals surface area contributed by atoms with Gasteiger partial charge in [-0.1, -0.05) is 24.3 Å². The second-order valence-corrected chi connectivity index (χ2v) is 6.54. The summed E-state index contributed by atoms with van der Waals surface area (Å²) < 4.78 is 42.1. The molecule has 0 saturated heterocycles. The number of benzene rings is 2. The lowest BCUT2D eigenvalue weighted by molar-refractivity contribution is 0.0994.